The van der Waals surface area contributed by atoms with Crippen molar-refractivity contribution in [3.63, 3.8) is 0 Å². The SMILES string of the molecule is C=CCCCCCN1/C(=C/C2=C(O)C(=C\C3=[N+](CCCCCC=C)c4ccccc4C3(C)C)/C2=O)C(C)(C)c2ccccc21.[Br-]. The number of benzene rings is 2. The van der Waals surface area contributed by atoms with Crippen LogP contribution in [0.4, 0.5) is 11.4 Å². The molecule has 45 heavy (non-hydrogen) atoms. The molecule has 0 atom stereocenters. The van der Waals surface area contributed by atoms with Crippen molar-refractivity contribution >= 4 is 22.9 Å². The maximum absolute atomic E-state index is 13.8. The van der Waals surface area contributed by atoms with Crippen LogP contribution in [0.5, 0.6) is 0 Å². The van der Waals surface area contributed by atoms with Gasteiger partial charge in [-0.2, -0.15) is 4.58 Å². The number of carbonyl (C=O) groups is 1. The van der Waals surface area contributed by atoms with Crippen LogP contribution in [0.1, 0.15) is 90.2 Å². The Morgan fingerprint density at radius 2 is 1.42 bits per heavy atom. The van der Waals surface area contributed by atoms with E-state index in [1.807, 2.05) is 24.3 Å². The molecule has 0 spiro atoms. The first-order valence-electron chi connectivity index (χ1n) is 16.4. The van der Waals surface area contributed by atoms with Gasteiger partial charge in [0, 0.05) is 47.5 Å². The third kappa shape index (κ3) is 6.47. The number of para-hydroxylation sites is 2. The molecule has 5 heteroatoms. The Labute approximate surface area is 281 Å². The Kier molecular flexibility index (Phi) is 11.0. The van der Waals surface area contributed by atoms with Gasteiger partial charge in [-0.25, -0.2) is 0 Å². The number of hydrogen-bond donors (Lipinski definition) is 1. The third-order valence-corrected chi connectivity index (χ3v) is 9.74. The molecule has 0 amide bonds. The van der Waals surface area contributed by atoms with Crippen LogP contribution in [-0.2, 0) is 15.6 Å². The molecular weight excluding hydrogens is 620 g/mol. The highest BCUT2D eigenvalue weighted by atomic mass is 79.9. The van der Waals surface area contributed by atoms with Crippen molar-refractivity contribution in [1.29, 1.82) is 0 Å². The Hall–Kier alpha value is -3.44. The largest absolute Gasteiger partial charge is 1.00 e. The Bertz CT molecular complexity index is 1590. The molecule has 2 heterocycles. The number of allylic oxidation sites excluding steroid dienone is 7. The number of rotatable bonds is 14. The lowest BCUT2D eigenvalue weighted by Crippen LogP contribution is -3.00. The van der Waals surface area contributed by atoms with Crippen LogP contribution in [0.3, 0.4) is 0 Å². The van der Waals surface area contributed by atoms with E-state index in [1.54, 1.807) is 0 Å². The lowest BCUT2D eigenvalue weighted by Gasteiger charge is -2.29. The Morgan fingerprint density at radius 1 is 0.800 bits per heavy atom. The van der Waals surface area contributed by atoms with E-state index in [1.165, 1.54) is 22.5 Å². The number of hydrogen-bond acceptors (Lipinski definition) is 3. The van der Waals surface area contributed by atoms with Gasteiger partial charge in [-0.05, 0) is 70.1 Å². The zero-order valence-corrected chi connectivity index (χ0v) is 29.1. The first-order chi connectivity index (χ1) is 21.1. The quantitative estimate of drug-likeness (QED) is 0.107. The molecule has 0 radical (unpaired) electrons. The molecule has 2 aromatic rings. The predicted octanol–water partition coefficient (Wildman–Crippen LogP) is 6.56. The van der Waals surface area contributed by atoms with Gasteiger partial charge in [-0.1, -0.05) is 68.8 Å². The summed E-state index contributed by atoms with van der Waals surface area (Å²) in [6.07, 6.45) is 16.5. The summed E-state index contributed by atoms with van der Waals surface area (Å²) in [7, 11) is 0. The normalized spacial score (nSPS) is 19.5. The lowest BCUT2D eigenvalue weighted by atomic mass is 9.77. The van der Waals surface area contributed by atoms with Crippen molar-refractivity contribution in [2.75, 3.05) is 18.0 Å². The fourth-order valence-corrected chi connectivity index (χ4v) is 7.14. The van der Waals surface area contributed by atoms with Gasteiger partial charge in [0.15, 0.2) is 5.71 Å². The van der Waals surface area contributed by atoms with Gasteiger partial charge in [0.25, 0.3) is 0 Å². The fourth-order valence-electron chi connectivity index (χ4n) is 7.14. The molecule has 1 N–H and O–H groups in total. The van der Waals surface area contributed by atoms with Gasteiger partial charge in [-0.3, -0.25) is 4.79 Å². The van der Waals surface area contributed by atoms with Gasteiger partial charge in [0.2, 0.25) is 11.5 Å². The zero-order chi connectivity index (χ0) is 31.5. The van der Waals surface area contributed by atoms with Crippen LogP contribution >= 0.6 is 0 Å². The van der Waals surface area contributed by atoms with Gasteiger partial charge in [0.05, 0.1) is 16.6 Å². The highest BCUT2D eigenvalue weighted by molar-refractivity contribution is 6.24. The monoisotopic (exact) mass is 668 g/mol. The summed E-state index contributed by atoms with van der Waals surface area (Å²) in [5.74, 6) is 0.0169. The Morgan fingerprint density at radius 3 is 2.09 bits per heavy atom. The number of ketones is 1. The number of unbranched alkanes of at least 4 members (excludes halogenated alkanes) is 6. The molecule has 0 saturated heterocycles. The molecule has 4 nitrogen and oxygen atoms in total. The summed E-state index contributed by atoms with van der Waals surface area (Å²) in [5, 5.41) is 11.4. The number of carbonyl (C=O) groups excluding carboxylic acids is 1. The number of aliphatic hydroxyl groups excluding tert-OH is 1. The minimum atomic E-state index is -0.281. The van der Waals surface area contributed by atoms with E-state index in [0.717, 1.165) is 75.9 Å². The molecule has 238 valence electrons. The van der Waals surface area contributed by atoms with E-state index in [0.29, 0.717) is 11.1 Å². The van der Waals surface area contributed by atoms with E-state index in [9.17, 15) is 9.90 Å². The molecule has 3 aliphatic rings. The average molecular weight is 670 g/mol. The minimum absolute atomic E-state index is 0. The van der Waals surface area contributed by atoms with Crippen molar-refractivity contribution in [1.82, 2.24) is 0 Å². The number of aliphatic hydroxyl groups is 1. The molecule has 0 aromatic heterocycles. The molecule has 0 fully saturated rings. The molecular formula is C40H49BrN2O2. The average Bonchev–Trinajstić information content (AvgIpc) is 3.36. The zero-order valence-electron chi connectivity index (χ0n) is 27.5. The summed E-state index contributed by atoms with van der Waals surface area (Å²) < 4.78 is 2.36. The second kappa shape index (κ2) is 14.3. The topological polar surface area (TPSA) is 43.5 Å². The standard InChI is InChI=1S/C40H48N2O2.BrH/c1-7-9-11-13-19-25-41-33-23-17-15-21-31(33)39(3,4)35(41)27-29-37(43)30(38(29)44)28-36-40(5,6)32-22-16-18-24-34(32)42(36)26-20-14-12-10-8-2;/h7-8,15-18,21-24,27-28H,1-2,9-14,19-20,25-26H2,3-6H3;1H. The molecule has 0 bridgehead atoms. The maximum atomic E-state index is 13.8. The molecule has 5 rings (SSSR count). The van der Waals surface area contributed by atoms with Crippen molar-refractivity contribution < 1.29 is 31.5 Å². The van der Waals surface area contributed by atoms with E-state index in [-0.39, 0.29) is 39.4 Å². The van der Waals surface area contributed by atoms with Crippen LogP contribution in [0.2, 0.25) is 0 Å². The first-order valence-corrected chi connectivity index (χ1v) is 16.4. The molecule has 0 saturated carbocycles. The second-order valence-electron chi connectivity index (χ2n) is 13.4. The van der Waals surface area contributed by atoms with E-state index in [2.05, 4.69) is 98.9 Å². The molecule has 1 aliphatic carbocycles. The van der Waals surface area contributed by atoms with Crippen LogP contribution in [0, 0.1) is 0 Å². The molecule has 2 aromatic carbocycles. The van der Waals surface area contributed by atoms with Crippen LogP contribution < -0.4 is 21.9 Å². The number of anilines is 1. The van der Waals surface area contributed by atoms with Crippen LogP contribution in [-0.4, -0.2) is 34.3 Å². The maximum Gasteiger partial charge on any atom is 0.209 e. The van der Waals surface area contributed by atoms with Crippen LogP contribution in [0.25, 0.3) is 0 Å². The molecule has 0 unspecified atom stereocenters. The van der Waals surface area contributed by atoms with E-state index >= 15 is 0 Å². The fraction of sp³-hybridized carbons (Fsp3) is 0.400. The van der Waals surface area contributed by atoms with E-state index in [4.69, 9.17) is 0 Å². The minimum Gasteiger partial charge on any atom is -1.00 e. The number of nitrogens with zero attached hydrogens (tertiary/aromatic N) is 2. The first kappa shape index (κ1) is 34.4. The van der Waals surface area contributed by atoms with E-state index < -0.39 is 0 Å². The summed E-state index contributed by atoms with van der Waals surface area (Å²) in [6.45, 7) is 18.3. The van der Waals surface area contributed by atoms with Gasteiger partial charge in [0.1, 0.15) is 12.3 Å². The highest BCUT2D eigenvalue weighted by Crippen LogP contribution is 2.49. The van der Waals surface area contributed by atoms with Crippen molar-refractivity contribution in [3.05, 3.63) is 120 Å². The van der Waals surface area contributed by atoms with Gasteiger partial charge < -0.3 is 27.0 Å². The summed E-state index contributed by atoms with van der Waals surface area (Å²) in [6, 6.07) is 17.1. The van der Waals surface area contributed by atoms with Gasteiger partial charge in [-0.15, -0.1) is 13.2 Å². The predicted molar refractivity (Wildman–Crippen MR) is 184 cm³/mol. The lowest BCUT2D eigenvalue weighted by molar-refractivity contribution is -0.438. The smallest absolute Gasteiger partial charge is 0.209 e. The van der Waals surface area contributed by atoms with Crippen molar-refractivity contribution in [3.8, 4) is 0 Å². The summed E-state index contributed by atoms with van der Waals surface area (Å²) in [5.41, 5.74) is 7.29. The van der Waals surface area contributed by atoms with Crippen molar-refractivity contribution in [2.24, 2.45) is 0 Å². The van der Waals surface area contributed by atoms with Crippen molar-refractivity contribution in [2.45, 2.75) is 89.9 Å². The Balaban J connectivity index is 0.00000461. The summed E-state index contributed by atoms with van der Waals surface area (Å²) >= 11 is 0. The molecule has 2 aliphatic heterocycles. The highest BCUT2D eigenvalue weighted by Gasteiger charge is 2.47. The summed E-state index contributed by atoms with van der Waals surface area (Å²) in [4.78, 5) is 16.2. The number of halogens is 1. The second-order valence-corrected chi connectivity index (χ2v) is 13.4. The van der Waals surface area contributed by atoms with Gasteiger partial charge >= 0.3 is 0 Å². The number of Topliss-reactive ketones (excluding diaryl/α,β-unsaturated/α-hetero) is 1. The number of fused-ring (bicyclic) bond motifs is 2. The third-order valence-electron chi connectivity index (χ3n) is 9.74. The van der Waals surface area contributed by atoms with Crippen LogP contribution in [0.15, 0.2) is 109 Å².